The lowest BCUT2D eigenvalue weighted by Gasteiger charge is -2.32. The van der Waals surface area contributed by atoms with Crippen LogP contribution in [0.2, 0.25) is 0 Å². The molecule has 2 aromatic heterocycles. The summed E-state index contributed by atoms with van der Waals surface area (Å²) in [4.78, 5) is 11.7. The average Bonchev–Trinajstić information content (AvgIpc) is 3.15. The number of rotatable bonds is 5. The molecule has 0 amide bonds. The van der Waals surface area contributed by atoms with Crippen molar-refractivity contribution in [3.63, 3.8) is 0 Å². The third-order valence-electron chi connectivity index (χ3n) is 5.40. The molecule has 29 heavy (non-hydrogen) atoms. The van der Waals surface area contributed by atoms with Crippen LogP contribution in [0.4, 0.5) is 11.8 Å². The molecule has 1 N–H and O–H groups in total. The van der Waals surface area contributed by atoms with Gasteiger partial charge in [0.05, 0.1) is 5.52 Å². The summed E-state index contributed by atoms with van der Waals surface area (Å²) in [6.07, 6.45) is 2.10. The highest BCUT2D eigenvalue weighted by Gasteiger charge is 2.24. The number of benzene rings is 2. The summed E-state index contributed by atoms with van der Waals surface area (Å²) in [7, 11) is 2.10. The summed E-state index contributed by atoms with van der Waals surface area (Å²) in [5.41, 5.74) is 3.23. The van der Waals surface area contributed by atoms with Crippen LogP contribution in [0.15, 0.2) is 66.9 Å². The van der Waals surface area contributed by atoms with E-state index in [9.17, 15) is 0 Å². The highest BCUT2D eigenvalue weighted by Crippen LogP contribution is 2.31. The maximum atomic E-state index is 5.85. The molecule has 5 rings (SSSR count). The first-order chi connectivity index (χ1) is 14.2. The van der Waals surface area contributed by atoms with Crippen molar-refractivity contribution in [1.29, 1.82) is 0 Å². The first kappa shape index (κ1) is 17.6. The lowest BCUT2D eigenvalue weighted by molar-refractivity contribution is 0.482. The number of nitrogens with one attached hydrogen (secondary N) is 1. The molecule has 0 saturated carbocycles. The number of hydrogen-bond acceptors (Lipinski definition) is 5. The van der Waals surface area contributed by atoms with Gasteiger partial charge in [0.2, 0.25) is 5.95 Å². The summed E-state index contributed by atoms with van der Waals surface area (Å²) < 4.78 is 8.09. The third kappa shape index (κ3) is 3.38. The number of aromatic nitrogens is 3. The van der Waals surface area contributed by atoms with Crippen LogP contribution in [0.1, 0.15) is 12.5 Å². The summed E-state index contributed by atoms with van der Waals surface area (Å²) >= 11 is 0. The fraction of sp³-hybridized carbons (Fsp3) is 0.217. The standard InChI is InChI=1S/C23H23N5O/c1-16-15-28-13-12-20-21(28)22(27(16)2)26-23(25-20)24-14-17-8-10-19(11-9-17)29-18-6-4-3-5-7-18/h3-13,16H,14-15H2,1-2H3,(H,24,25,26)/t16-/m0/s1. The molecule has 4 aromatic rings. The van der Waals surface area contributed by atoms with Crippen molar-refractivity contribution in [1.82, 2.24) is 14.5 Å². The second kappa shape index (κ2) is 7.13. The smallest absolute Gasteiger partial charge is 0.225 e. The van der Waals surface area contributed by atoms with E-state index >= 15 is 0 Å². The van der Waals surface area contributed by atoms with Crippen LogP contribution in [0.25, 0.3) is 11.0 Å². The van der Waals surface area contributed by atoms with Crippen LogP contribution in [0.5, 0.6) is 11.5 Å². The number of hydrogen-bond donors (Lipinski definition) is 1. The largest absolute Gasteiger partial charge is 0.457 e. The normalized spacial score (nSPS) is 15.5. The molecule has 0 aliphatic carbocycles. The Morgan fingerprint density at radius 1 is 1.00 bits per heavy atom. The highest BCUT2D eigenvalue weighted by atomic mass is 16.5. The molecular formula is C23H23N5O. The minimum Gasteiger partial charge on any atom is -0.457 e. The van der Waals surface area contributed by atoms with Crippen LogP contribution in [0.3, 0.4) is 0 Å². The van der Waals surface area contributed by atoms with Gasteiger partial charge in [0.1, 0.15) is 17.0 Å². The average molecular weight is 385 g/mol. The summed E-state index contributed by atoms with van der Waals surface area (Å²) in [5, 5.41) is 3.37. The van der Waals surface area contributed by atoms with Crippen molar-refractivity contribution in [3.8, 4) is 11.5 Å². The van der Waals surface area contributed by atoms with Crippen LogP contribution >= 0.6 is 0 Å². The van der Waals surface area contributed by atoms with E-state index in [1.807, 2.05) is 42.5 Å². The monoisotopic (exact) mass is 385 g/mol. The zero-order valence-electron chi connectivity index (χ0n) is 16.5. The maximum absolute atomic E-state index is 5.85. The number of anilines is 2. The van der Waals surface area contributed by atoms with E-state index in [1.54, 1.807) is 0 Å². The van der Waals surface area contributed by atoms with Gasteiger partial charge < -0.3 is 19.5 Å². The molecule has 2 aromatic carbocycles. The van der Waals surface area contributed by atoms with Crippen molar-refractivity contribution in [2.45, 2.75) is 26.1 Å². The number of likely N-dealkylation sites (N-methyl/N-ethyl adjacent to an activating group) is 1. The number of para-hydroxylation sites is 1. The molecule has 6 heteroatoms. The van der Waals surface area contributed by atoms with E-state index in [4.69, 9.17) is 14.7 Å². The molecular weight excluding hydrogens is 362 g/mol. The molecule has 0 bridgehead atoms. The van der Waals surface area contributed by atoms with Gasteiger partial charge in [0.15, 0.2) is 5.82 Å². The van der Waals surface area contributed by atoms with Crippen molar-refractivity contribution >= 4 is 22.8 Å². The lowest BCUT2D eigenvalue weighted by Crippen LogP contribution is -2.37. The highest BCUT2D eigenvalue weighted by molar-refractivity contribution is 5.89. The van der Waals surface area contributed by atoms with E-state index in [-0.39, 0.29) is 0 Å². The van der Waals surface area contributed by atoms with Gasteiger partial charge in [0, 0.05) is 32.4 Å². The van der Waals surface area contributed by atoms with Crippen molar-refractivity contribution in [2.75, 3.05) is 17.3 Å². The van der Waals surface area contributed by atoms with E-state index in [2.05, 4.69) is 53.2 Å². The van der Waals surface area contributed by atoms with Gasteiger partial charge in [-0.3, -0.25) is 0 Å². The fourth-order valence-electron chi connectivity index (χ4n) is 3.66. The van der Waals surface area contributed by atoms with Gasteiger partial charge >= 0.3 is 0 Å². The Bertz CT molecular complexity index is 1140. The molecule has 0 fully saturated rings. The molecule has 0 saturated heterocycles. The zero-order chi connectivity index (χ0) is 19.8. The van der Waals surface area contributed by atoms with Crippen LogP contribution in [-0.2, 0) is 13.1 Å². The van der Waals surface area contributed by atoms with Crippen molar-refractivity contribution in [2.24, 2.45) is 0 Å². The first-order valence-corrected chi connectivity index (χ1v) is 9.83. The summed E-state index contributed by atoms with van der Waals surface area (Å²) in [6, 6.07) is 20.3. The predicted molar refractivity (Wildman–Crippen MR) is 116 cm³/mol. The molecule has 0 unspecified atom stereocenters. The van der Waals surface area contributed by atoms with Crippen LogP contribution in [-0.4, -0.2) is 27.6 Å². The van der Waals surface area contributed by atoms with E-state index < -0.39 is 0 Å². The van der Waals surface area contributed by atoms with Gasteiger partial charge in [0.25, 0.3) is 0 Å². The molecule has 146 valence electrons. The Hall–Kier alpha value is -3.54. The van der Waals surface area contributed by atoms with Crippen LogP contribution in [0, 0.1) is 0 Å². The number of ether oxygens (including phenoxy) is 1. The molecule has 1 aliphatic rings. The fourth-order valence-corrected chi connectivity index (χ4v) is 3.66. The summed E-state index contributed by atoms with van der Waals surface area (Å²) in [5.74, 6) is 3.28. The molecule has 0 radical (unpaired) electrons. The van der Waals surface area contributed by atoms with Gasteiger partial charge in [-0.15, -0.1) is 0 Å². The van der Waals surface area contributed by atoms with Crippen LogP contribution < -0.4 is 15.0 Å². The molecule has 0 spiro atoms. The quantitative estimate of drug-likeness (QED) is 0.541. The first-order valence-electron chi connectivity index (χ1n) is 9.83. The SMILES string of the molecule is C[C@H]1Cn2ccc3nc(NCc4ccc(Oc5ccccc5)cc4)nc(c32)N1C. The maximum Gasteiger partial charge on any atom is 0.225 e. The Labute approximate surface area is 169 Å². The predicted octanol–water partition coefficient (Wildman–Crippen LogP) is 4.67. The van der Waals surface area contributed by atoms with Crippen molar-refractivity contribution < 1.29 is 4.74 Å². The van der Waals surface area contributed by atoms with E-state index in [1.165, 1.54) is 0 Å². The van der Waals surface area contributed by atoms with E-state index in [0.717, 1.165) is 40.5 Å². The minimum absolute atomic E-state index is 0.401. The summed E-state index contributed by atoms with van der Waals surface area (Å²) in [6.45, 7) is 3.82. The van der Waals surface area contributed by atoms with Crippen molar-refractivity contribution in [3.05, 3.63) is 72.4 Å². The topological polar surface area (TPSA) is 55.2 Å². The molecule has 1 aliphatic heterocycles. The Morgan fingerprint density at radius 2 is 1.76 bits per heavy atom. The number of nitrogens with zero attached hydrogens (tertiary/aromatic N) is 4. The second-order valence-corrected chi connectivity index (χ2v) is 7.45. The lowest BCUT2D eigenvalue weighted by atomic mass is 10.2. The van der Waals surface area contributed by atoms with Gasteiger partial charge in [-0.05, 0) is 42.8 Å². The van der Waals surface area contributed by atoms with Gasteiger partial charge in [-0.25, -0.2) is 4.98 Å². The Kier molecular flexibility index (Phi) is 4.31. The molecule has 3 heterocycles. The van der Waals surface area contributed by atoms with Gasteiger partial charge in [-0.2, -0.15) is 4.98 Å². The zero-order valence-corrected chi connectivity index (χ0v) is 16.5. The third-order valence-corrected chi connectivity index (χ3v) is 5.40. The molecule has 6 nitrogen and oxygen atoms in total. The Morgan fingerprint density at radius 3 is 2.55 bits per heavy atom. The molecule has 1 atom stereocenters. The van der Waals surface area contributed by atoms with E-state index in [0.29, 0.717) is 18.5 Å². The minimum atomic E-state index is 0.401. The van der Waals surface area contributed by atoms with Gasteiger partial charge in [-0.1, -0.05) is 30.3 Å². The Balaban J connectivity index is 1.31. The second-order valence-electron chi connectivity index (χ2n) is 7.45.